The molecule has 0 atom stereocenters. The van der Waals surface area contributed by atoms with Crippen LogP contribution >= 0.6 is 11.3 Å². The van der Waals surface area contributed by atoms with Crippen molar-refractivity contribution in [2.24, 2.45) is 4.99 Å². The summed E-state index contributed by atoms with van der Waals surface area (Å²) in [4.78, 5) is 16.7. The van der Waals surface area contributed by atoms with Gasteiger partial charge in [0.1, 0.15) is 5.82 Å². The van der Waals surface area contributed by atoms with Gasteiger partial charge in [0.25, 0.3) is 0 Å². The van der Waals surface area contributed by atoms with E-state index < -0.39 is 11.6 Å². The topological polar surface area (TPSA) is 43.6 Å². The number of hydrogen-bond acceptors (Lipinski definition) is 3. The average molecular weight is 376 g/mol. The smallest absolute Gasteiger partial charge is 0.248 e. The lowest BCUT2D eigenvalue weighted by molar-refractivity contribution is -0.118. The lowest BCUT2D eigenvalue weighted by Gasteiger charge is -2.05. The second-order valence-electron chi connectivity index (χ2n) is 5.75. The van der Waals surface area contributed by atoms with Crippen LogP contribution in [-0.2, 0) is 22.5 Å². The number of nitrogens with zero attached hydrogens (tertiary/aromatic N) is 2. The van der Waals surface area contributed by atoms with Gasteiger partial charge in [-0.1, -0.05) is 41.7 Å². The number of methoxy groups -OCH3 is 1. The molecule has 0 saturated carbocycles. The van der Waals surface area contributed by atoms with Gasteiger partial charge in [-0.2, -0.15) is 4.99 Å². The number of rotatable bonds is 6. The Balaban J connectivity index is 1.93. The fourth-order valence-electron chi connectivity index (χ4n) is 2.66. The number of carbonyl (C=O) groups is 1. The number of carbonyl (C=O) groups excluding carboxylic acids is 1. The SMILES string of the molecule is COCCn1c(=NC(=O)CCc2ccccc2)sc2cc(F)cc(F)c21. The van der Waals surface area contributed by atoms with Crippen LogP contribution < -0.4 is 4.80 Å². The summed E-state index contributed by atoms with van der Waals surface area (Å²) in [5.74, 6) is -1.63. The Labute approximate surface area is 153 Å². The summed E-state index contributed by atoms with van der Waals surface area (Å²) in [6, 6.07) is 11.7. The van der Waals surface area contributed by atoms with E-state index in [0.717, 1.165) is 23.0 Å². The van der Waals surface area contributed by atoms with Crippen molar-refractivity contribution in [2.45, 2.75) is 19.4 Å². The molecule has 0 bridgehead atoms. The molecule has 0 aliphatic rings. The molecule has 1 heterocycles. The Hall–Kier alpha value is -2.38. The van der Waals surface area contributed by atoms with Crippen LogP contribution in [0.5, 0.6) is 0 Å². The summed E-state index contributed by atoms with van der Waals surface area (Å²) >= 11 is 1.09. The van der Waals surface area contributed by atoms with Gasteiger partial charge in [-0.05, 0) is 18.1 Å². The lowest BCUT2D eigenvalue weighted by atomic mass is 10.1. The van der Waals surface area contributed by atoms with Crippen molar-refractivity contribution in [3.63, 3.8) is 0 Å². The number of benzene rings is 2. The number of ether oxygens (including phenoxy) is 1. The third-order valence-electron chi connectivity index (χ3n) is 3.91. The highest BCUT2D eigenvalue weighted by Crippen LogP contribution is 2.22. The number of halogens is 2. The van der Waals surface area contributed by atoms with Crippen LogP contribution in [0.2, 0.25) is 0 Å². The number of thiazole rings is 1. The molecule has 0 radical (unpaired) electrons. The average Bonchev–Trinajstić information content (AvgIpc) is 2.96. The maximum Gasteiger partial charge on any atom is 0.248 e. The number of hydrogen-bond donors (Lipinski definition) is 0. The molecule has 0 N–H and O–H groups in total. The fourth-order valence-corrected chi connectivity index (χ4v) is 3.78. The van der Waals surface area contributed by atoms with Crippen LogP contribution in [0.3, 0.4) is 0 Å². The maximum absolute atomic E-state index is 14.2. The van der Waals surface area contributed by atoms with Gasteiger partial charge in [0, 0.05) is 26.1 Å². The third-order valence-corrected chi connectivity index (χ3v) is 4.93. The van der Waals surface area contributed by atoms with Crippen LogP contribution in [0.4, 0.5) is 8.78 Å². The van der Waals surface area contributed by atoms with Crippen molar-refractivity contribution < 1.29 is 18.3 Å². The Morgan fingerprint density at radius 2 is 2.00 bits per heavy atom. The molecular weight excluding hydrogens is 358 g/mol. The van der Waals surface area contributed by atoms with E-state index in [2.05, 4.69) is 4.99 Å². The zero-order chi connectivity index (χ0) is 18.5. The predicted octanol–water partition coefficient (Wildman–Crippen LogP) is 3.69. The van der Waals surface area contributed by atoms with E-state index in [4.69, 9.17) is 4.74 Å². The second kappa shape index (κ2) is 8.33. The van der Waals surface area contributed by atoms with Gasteiger partial charge in [-0.25, -0.2) is 8.78 Å². The Bertz CT molecular complexity index is 980. The first kappa shape index (κ1) is 18.4. The lowest BCUT2D eigenvalue weighted by Crippen LogP contribution is -2.20. The molecule has 26 heavy (non-hydrogen) atoms. The number of aromatic nitrogens is 1. The van der Waals surface area contributed by atoms with Crippen molar-refractivity contribution in [2.75, 3.05) is 13.7 Å². The van der Waals surface area contributed by atoms with E-state index in [0.29, 0.717) is 29.1 Å². The van der Waals surface area contributed by atoms with Crippen LogP contribution in [0, 0.1) is 11.6 Å². The Morgan fingerprint density at radius 1 is 1.23 bits per heavy atom. The molecule has 0 aliphatic heterocycles. The predicted molar refractivity (Wildman–Crippen MR) is 96.9 cm³/mol. The van der Waals surface area contributed by atoms with E-state index in [9.17, 15) is 13.6 Å². The second-order valence-corrected chi connectivity index (χ2v) is 6.76. The fraction of sp³-hybridized carbons (Fsp3) is 0.263. The highest BCUT2D eigenvalue weighted by Gasteiger charge is 2.14. The van der Waals surface area contributed by atoms with Crippen molar-refractivity contribution in [3.05, 3.63) is 64.5 Å². The maximum atomic E-state index is 14.2. The van der Waals surface area contributed by atoms with Crippen molar-refractivity contribution in [1.82, 2.24) is 4.57 Å². The summed E-state index contributed by atoms with van der Waals surface area (Å²) in [5, 5.41) is 0. The molecule has 0 saturated heterocycles. The molecule has 3 aromatic rings. The molecule has 136 valence electrons. The van der Waals surface area contributed by atoms with Crippen LogP contribution in [0.1, 0.15) is 12.0 Å². The summed E-state index contributed by atoms with van der Waals surface area (Å²) in [7, 11) is 1.53. The quantitative estimate of drug-likeness (QED) is 0.659. The molecule has 1 amide bonds. The summed E-state index contributed by atoms with van der Waals surface area (Å²) in [5.41, 5.74) is 1.29. The van der Waals surface area contributed by atoms with Gasteiger partial charge in [-0.15, -0.1) is 0 Å². The molecule has 0 fully saturated rings. The highest BCUT2D eigenvalue weighted by molar-refractivity contribution is 7.16. The van der Waals surface area contributed by atoms with E-state index in [1.807, 2.05) is 30.3 Å². The van der Waals surface area contributed by atoms with Gasteiger partial charge in [-0.3, -0.25) is 4.79 Å². The molecular formula is C19H18F2N2O2S. The van der Waals surface area contributed by atoms with Crippen LogP contribution in [0.15, 0.2) is 47.5 Å². The first-order chi connectivity index (χ1) is 12.6. The minimum absolute atomic E-state index is 0.239. The molecule has 0 unspecified atom stereocenters. The zero-order valence-electron chi connectivity index (χ0n) is 14.2. The Kier molecular flexibility index (Phi) is 5.90. The van der Waals surface area contributed by atoms with E-state index >= 15 is 0 Å². The van der Waals surface area contributed by atoms with Crippen molar-refractivity contribution in [3.8, 4) is 0 Å². The molecule has 0 aliphatic carbocycles. The van der Waals surface area contributed by atoms with Gasteiger partial charge in [0.15, 0.2) is 10.6 Å². The van der Waals surface area contributed by atoms with E-state index in [-0.39, 0.29) is 17.8 Å². The monoisotopic (exact) mass is 376 g/mol. The minimum atomic E-state index is -0.675. The van der Waals surface area contributed by atoms with Crippen molar-refractivity contribution >= 4 is 27.5 Å². The van der Waals surface area contributed by atoms with Gasteiger partial charge in [0.2, 0.25) is 5.91 Å². The standard InChI is InChI=1S/C19H18F2N2O2S/c1-25-10-9-23-18-15(21)11-14(20)12-16(18)26-19(23)22-17(24)8-7-13-5-3-2-4-6-13/h2-6,11-12H,7-10H2,1H3. The molecule has 4 nitrogen and oxygen atoms in total. The first-order valence-electron chi connectivity index (χ1n) is 8.17. The molecule has 2 aromatic carbocycles. The number of amides is 1. The molecule has 1 aromatic heterocycles. The normalized spacial score (nSPS) is 12.0. The number of aryl methyl sites for hydroxylation is 1. The van der Waals surface area contributed by atoms with E-state index in [1.165, 1.54) is 13.2 Å². The summed E-state index contributed by atoms with van der Waals surface area (Å²) < 4.78 is 34.8. The third kappa shape index (κ3) is 4.23. The van der Waals surface area contributed by atoms with Gasteiger partial charge >= 0.3 is 0 Å². The van der Waals surface area contributed by atoms with Gasteiger partial charge < -0.3 is 9.30 Å². The Morgan fingerprint density at radius 3 is 2.73 bits per heavy atom. The highest BCUT2D eigenvalue weighted by atomic mass is 32.1. The molecule has 7 heteroatoms. The zero-order valence-corrected chi connectivity index (χ0v) is 15.1. The molecule has 3 rings (SSSR count). The summed E-state index contributed by atoms with van der Waals surface area (Å²) in [6.07, 6.45) is 0.828. The van der Waals surface area contributed by atoms with Crippen LogP contribution in [0.25, 0.3) is 10.2 Å². The largest absolute Gasteiger partial charge is 0.383 e. The minimum Gasteiger partial charge on any atom is -0.383 e. The molecule has 0 spiro atoms. The first-order valence-corrected chi connectivity index (χ1v) is 8.99. The summed E-state index contributed by atoms with van der Waals surface area (Å²) in [6.45, 7) is 0.651. The number of fused-ring (bicyclic) bond motifs is 1. The van der Waals surface area contributed by atoms with Crippen molar-refractivity contribution in [1.29, 1.82) is 0 Å². The van der Waals surface area contributed by atoms with E-state index in [1.54, 1.807) is 4.57 Å². The van der Waals surface area contributed by atoms with Crippen LogP contribution in [-0.4, -0.2) is 24.2 Å². The van der Waals surface area contributed by atoms with Gasteiger partial charge in [0.05, 0.1) is 16.8 Å².